The van der Waals surface area contributed by atoms with Gasteiger partial charge in [-0.1, -0.05) is 23.4 Å². The number of fused-ring (bicyclic) bond motifs is 1. The second kappa shape index (κ2) is 7.01. The Hall–Kier alpha value is -2.76. The van der Waals surface area contributed by atoms with Crippen LogP contribution >= 0.6 is 0 Å². The summed E-state index contributed by atoms with van der Waals surface area (Å²) in [6.45, 7) is 2.52. The van der Waals surface area contributed by atoms with Crippen molar-refractivity contribution in [1.29, 1.82) is 0 Å². The van der Waals surface area contributed by atoms with Crippen LogP contribution in [0.15, 0.2) is 48.9 Å². The second-order valence-corrected chi connectivity index (χ2v) is 6.66. The lowest BCUT2D eigenvalue weighted by atomic mass is 9.96. The first-order valence-electron chi connectivity index (χ1n) is 8.73. The van der Waals surface area contributed by atoms with Crippen molar-refractivity contribution in [1.82, 2.24) is 24.9 Å². The maximum absolute atomic E-state index is 12.6. The lowest BCUT2D eigenvalue weighted by molar-refractivity contribution is -0.131. The normalized spacial score (nSPS) is 15.6. The molecule has 128 valence electrons. The number of carbonyl (C=O) groups excluding carboxylic acids is 1. The van der Waals surface area contributed by atoms with Crippen LogP contribution in [0.3, 0.4) is 0 Å². The average Bonchev–Trinajstić information content (AvgIpc) is 3.15. The Morgan fingerprint density at radius 3 is 2.84 bits per heavy atom. The van der Waals surface area contributed by atoms with E-state index in [2.05, 4.69) is 21.4 Å². The Balaban J connectivity index is 1.33. The maximum atomic E-state index is 12.6. The maximum Gasteiger partial charge on any atom is 0.227 e. The number of amides is 1. The number of likely N-dealkylation sites (tertiary alicyclic amines) is 1. The Bertz CT molecular complexity index is 853. The molecular weight excluding hydrogens is 314 g/mol. The molecule has 6 heteroatoms. The molecule has 1 aliphatic heterocycles. The highest BCUT2D eigenvalue weighted by molar-refractivity contribution is 5.82. The van der Waals surface area contributed by atoms with Gasteiger partial charge >= 0.3 is 0 Å². The Kier molecular flexibility index (Phi) is 4.41. The number of piperidine rings is 1. The fourth-order valence-corrected chi connectivity index (χ4v) is 3.46. The van der Waals surface area contributed by atoms with E-state index >= 15 is 0 Å². The molecular formula is C19H21N5O. The van der Waals surface area contributed by atoms with E-state index in [0.717, 1.165) is 48.9 Å². The first-order valence-corrected chi connectivity index (χ1v) is 8.73. The zero-order valence-corrected chi connectivity index (χ0v) is 14.1. The quantitative estimate of drug-likeness (QED) is 0.734. The third-order valence-corrected chi connectivity index (χ3v) is 4.89. The van der Waals surface area contributed by atoms with Crippen LogP contribution in [0, 0.1) is 5.92 Å². The molecule has 2 aromatic heterocycles. The number of para-hydroxylation sites is 1. The molecule has 0 saturated carbocycles. The lowest BCUT2D eigenvalue weighted by Crippen LogP contribution is -2.40. The van der Waals surface area contributed by atoms with Gasteiger partial charge in [-0.15, -0.1) is 5.10 Å². The van der Waals surface area contributed by atoms with Gasteiger partial charge in [-0.25, -0.2) is 0 Å². The monoisotopic (exact) mass is 335 g/mol. The minimum Gasteiger partial charge on any atom is -0.342 e. The molecule has 0 unspecified atom stereocenters. The van der Waals surface area contributed by atoms with Gasteiger partial charge in [0.25, 0.3) is 0 Å². The molecule has 0 spiro atoms. The van der Waals surface area contributed by atoms with Gasteiger partial charge in [-0.05, 0) is 36.5 Å². The SMILES string of the molecule is O=C(Cc1cnc2ccccc2c1)N1CCC(Cn2ccnn2)CC1. The largest absolute Gasteiger partial charge is 0.342 e. The van der Waals surface area contributed by atoms with Gasteiger partial charge in [0.2, 0.25) is 5.91 Å². The Morgan fingerprint density at radius 1 is 1.20 bits per heavy atom. The van der Waals surface area contributed by atoms with Crippen LogP contribution < -0.4 is 0 Å². The molecule has 0 bridgehead atoms. The van der Waals surface area contributed by atoms with Crippen molar-refractivity contribution in [3.63, 3.8) is 0 Å². The molecule has 0 atom stereocenters. The fourth-order valence-electron chi connectivity index (χ4n) is 3.46. The van der Waals surface area contributed by atoms with Crippen LogP contribution in [0.5, 0.6) is 0 Å². The summed E-state index contributed by atoms with van der Waals surface area (Å²) in [5.41, 5.74) is 1.95. The standard InChI is InChI=1S/C19H21N5O/c25-19(12-16-11-17-3-1-2-4-18(17)20-13-16)23-8-5-15(6-9-23)14-24-10-7-21-22-24/h1-4,7,10-11,13,15H,5-6,8-9,12,14H2. The number of hydrogen-bond acceptors (Lipinski definition) is 4. The van der Waals surface area contributed by atoms with E-state index in [4.69, 9.17) is 0 Å². The van der Waals surface area contributed by atoms with E-state index in [1.807, 2.05) is 46.2 Å². The molecule has 25 heavy (non-hydrogen) atoms. The van der Waals surface area contributed by atoms with Crippen LogP contribution in [0.25, 0.3) is 10.9 Å². The van der Waals surface area contributed by atoms with Gasteiger partial charge in [-0.3, -0.25) is 14.5 Å². The highest BCUT2D eigenvalue weighted by Gasteiger charge is 2.23. The molecule has 6 nitrogen and oxygen atoms in total. The van der Waals surface area contributed by atoms with Crippen LogP contribution in [0.4, 0.5) is 0 Å². The van der Waals surface area contributed by atoms with Crippen LogP contribution in [-0.4, -0.2) is 43.9 Å². The highest BCUT2D eigenvalue weighted by atomic mass is 16.2. The smallest absolute Gasteiger partial charge is 0.227 e. The lowest BCUT2D eigenvalue weighted by Gasteiger charge is -2.32. The van der Waals surface area contributed by atoms with E-state index < -0.39 is 0 Å². The third-order valence-electron chi connectivity index (χ3n) is 4.89. The van der Waals surface area contributed by atoms with Crippen molar-refractivity contribution in [3.05, 3.63) is 54.5 Å². The summed E-state index contributed by atoms with van der Waals surface area (Å²) in [6.07, 6.45) is 7.87. The van der Waals surface area contributed by atoms with E-state index in [0.29, 0.717) is 12.3 Å². The first-order chi connectivity index (χ1) is 12.3. The van der Waals surface area contributed by atoms with Crippen LogP contribution in [0.2, 0.25) is 0 Å². The van der Waals surface area contributed by atoms with Crippen molar-refractivity contribution in [2.45, 2.75) is 25.8 Å². The minimum absolute atomic E-state index is 0.191. The van der Waals surface area contributed by atoms with E-state index in [1.165, 1.54) is 0 Å². The molecule has 3 heterocycles. The molecule has 1 aliphatic rings. The van der Waals surface area contributed by atoms with Crippen molar-refractivity contribution < 1.29 is 4.79 Å². The fraction of sp³-hybridized carbons (Fsp3) is 0.368. The number of nitrogens with zero attached hydrogens (tertiary/aromatic N) is 5. The third kappa shape index (κ3) is 3.68. The first kappa shape index (κ1) is 15.7. The van der Waals surface area contributed by atoms with Crippen molar-refractivity contribution >= 4 is 16.8 Å². The van der Waals surface area contributed by atoms with Gasteiger partial charge in [0.15, 0.2) is 0 Å². The number of hydrogen-bond donors (Lipinski definition) is 0. The Morgan fingerprint density at radius 2 is 2.04 bits per heavy atom. The van der Waals surface area contributed by atoms with Crippen molar-refractivity contribution in [3.8, 4) is 0 Å². The topological polar surface area (TPSA) is 63.9 Å². The van der Waals surface area contributed by atoms with Crippen LogP contribution in [0.1, 0.15) is 18.4 Å². The number of aromatic nitrogens is 4. The molecule has 0 N–H and O–H groups in total. The van der Waals surface area contributed by atoms with Gasteiger partial charge in [0.05, 0.1) is 18.1 Å². The molecule has 1 saturated heterocycles. The predicted octanol–water partition coefficient (Wildman–Crippen LogP) is 2.31. The number of rotatable bonds is 4. The second-order valence-electron chi connectivity index (χ2n) is 6.66. The zero-order valence-electron chi connectivity index (χ0n) is 14.1. The van der Waals surface area contributed by atoms with E-state index in [1.54, 1.807) is 6.20 Å². The van der Waals surface area contributed by atoms with Gasteiger partial charge in [0.1, 0.15) is 0 Å². The number of benzene rings is 1. The van der Waals surface area contributed by atoms with Gasteiger partial charge in [0, 0.05) is 37.4 Å². The number of pyridine rings is 1. The molecule has 3 aromatic rings. The molecule has 0 aliphatic carbocycles. The summed E-state index contributed by atoms with van der Waals surface area (Å²) in [4.78, 5) is 19.0. The van der Waals surface area contributed by atoms with Gasteiger partial charge in [-0.2, -0.15) is 0 Å². The molecule has 1 fully saturated rings. The summed E-state index contributed by atoms with van der Waals surface area (Å²) in [5.74, 6) is 0.754. The predicted molar refractivity (Wildman–Crippen MR) is 94.8 cm³/mol. The highest BCUT2D eigenvalue weighted by Crippen LogP contribution is 2.20. The van der Waals surface area contributed by atoms with E-state index in [-0.39, 0.29) is 5.91 Å². The van der Waals surface area contributed by atoms with Crippen molar-refractivity contribution in [2.24, 2.45) is 5.92 Å². The summed E-state index contributed by atoms with van der Waals surface area (Å²) < 4.78 is 1.88. The average molecular weight is 335 g/mol. The molecule has 1 aromatic carbocycles. The minimum atomic E-state index is 0.191. The Labute approximate surface area is 146 Å². The summed E-state index contributed by atoms with van der Waals surface area (Å²) in [6, 6.07) is 10.1. The molecule has 4 rings (SSSR count). The molecule has 0 radical (unpaired) electrons. The zero-order chi connectivity index (χ0) is 17.1. The summed E-state index contributed by atoms with van der Waals surface area (Å²) in [7, 11) is 0. The van der Waals surface area contributed by atoms with Crippen LogP contribution in [-0.2, 0) is 17.8 Å². The van der Waals surface area contributed by atoms with E-state index in [9.17, 15) is 4.79 Å². The van der Waals surface area contributed by atoms with Crippen molar-refractivity contribution in [2.75, 3.05) is 13.1 Å². The van der Waals surface area contributed by atoms with Gasteiger partial charge < -0.3 is 4.90 Å². The summed E-state index contributed by atoms with van der Waals surface area (Å²) >= 11 is 0. The summed E-state index contributed by atoms with van der Waals surface area (Å²) in [5, 5.41) is 8.95. The molecule has 1 amide bonds. The number of carbonyl (C=O) groups is 1.